The van der Waals surface area contributed by atoms with Gasteiger partial charge in [-0.3, -0.25) is 19.2 Å². The number of Topliss-reactive ketones (excluding diaryl/α,β-unsaturated/α-hetero) is 3. The Labute approximate surface area is 442 Å². The molecule has 2 bridgehead atoms. The normalized spacial score (nSPS) is 36.7. The van der Waals surface area contributed by atoms with E-state index in [1.54, 1.807) is 40.9 Å². The highest BCUT2D eigenvalue weighted by Gasteiger charge is 2.53. The topological polar surface area (TPSA) is 214 Å². The zero-order valence-corrected chi connectivity index (χ0v) is 45.9. The number of hydrogen-bond acceptors (Lipinski definition) is 15. The summed E-state index contributed by atoms with van der Waals surface area (Å²) >= 11 is 0. The van der Waals surface area contributed by atoms with Gasteiger partial charge in [-0.25, -0.2) is 4.79 Å². The Balaban J connectivity index is 1.70. The first-order chi connectivity index (χ1) is 35.4. The van der Waals surface area contributed by atoms with E-state index in [0.29, 0.717) is 63.4 Å². The van der Waals surface area contributed by atoms with Crippen LogP contribution in [0.1, 0.15) is 138 Å². The van der Waals surface area contributed by atoms with Gasteiger partial charge in [0.15, 0.2) is 5.78 Å². The third-order valence-corrected chi connectivity index (χ3v) is 15.6. The van der Waals surface area contributed by atoms with Crippen LogP contribution in [-0.2, 0) is 57.1 Å². The molecule has 0 aromatic carbocycles. The summed E-state index contributed by atoms with van der Waals surface area (Å²) in [6.45, 7) is 10.4. The molecule has 16 nitrogen and oxygen atoms in total. The van der Waals surface area contributed by atoms with Crippen LogP contribution >= 0.6 is 0 Å². The van der Waals surface area contributed by atoms with Crippen molar-refractivity contribution >= 4 is 29.2 Å². The van der Waals surface area contributed by atoms with Gasteiger partial charge in [-0.05, 0) is 120 Å². The molecule has 3 aliphatic heterocycles. The van der Waals surface area contributed by atoms with E-state index in [2.05, 4.69) is 0 Å². The number of ether oxygens (including phenoxy) is 7. The predicted molar refractivity (Wildman–Crippen MR) is 272 cm³/mol. The fraction of sp³-hybridized carbons (Fsp3) is 0.804. The molecule has 1 aliphatic carbocycles. The Morgan fingerprint density at radius 2 is 1.60 bits per heavy atom. The number of rotatable bonds is 13. The summed E-state index contributed by atoms with van der Waals surface area (Å²) < 4.78 is 79.1. The summed E-state index contributed by atoms with van der Waals surface area (Å²) in [6, 6.07) is -1.23. The van der Waals surface area contributed by atoms with E-state index in [0.717, 1.165) is 16.9 Å². The number of carbonyl (C=O) groups is 5. The minimum atomic E-state index is -4.52. The van der Waals surface area contributed by atoms with Crippen molar-refractivity contribution in [3.63, 3.8) is 0 Å². The molecule has 75 heavy (non-hydrogen) atoms. The molecule has 1 saturated carbocycles. The lowest BCUT2D eigenvalue weighted by atomic mass is 9.78. The zero-order valence-electron chi connectivity index (χ0n) is 45.9. The lowest BCUT2D eigenvalue weighted by molar-refractivity contribution is -0.266. The lowest BCUT2D eigenvalue weighted by Crippen LogP contribution is -2.61. The molecule has 2 saturated heterocycles. The lowest BCUT2D eigenvalue weighted by Gasteiger charge is -2.43. The number of fused-ring (bicyclic) bond motifs is 3. The third-order valence-electron chi connectivity index (χ3n) is 15.6. The molecule has 3 N–H and O–H groups in total. The van der Waals surface area contributed by atoms with E-state index < -0.39 is 90.5 Å². The second-order valence-electron chi connectivity index (χ2n) is 21.7. The number of nitrogens with zero attached hydrogens (tertiary/aromatic N) is 1. The number of ketones is 3. The molecule has 0 aromatic rings. The molecule has 15 atom stereocenters. The molecule has 1 amide bonds. The standard InChI is InChI=1S/C56H88F3NO15/c1-34-15-11-10-12-16-35(2)46(73-26-25-71-33-55(57,58)59)31-42-20-18-40(7)56(68,75-42)52(65)53(66)60-22-14-13-17-43(60)54(67)74-47(37(4)29-41-19-21-45(72-24-23-61)48(30-41)69-8)32-44(62)36(3)28-39(6)50(64)51(70-9)49(63)38(5)27-34/h11,15-16,28,34,36-38,40-43,45-48,50-51,61,64,68H,10,12-14,17-27,29-33H2,1-9H3/b15-11+,35-16+,39-28+/t34-,36-,37-,38-,40-,41+,42+,43+,45-,46+,47+,48-,50-,51+,56-/m1/s1. The maximum Gasteiger partial charge on any atom is 0.411 e. The zero-order chi connectivity index (χ0) is 55.6. The van der Waals surface area contributed by atoms with Gasteiger partial charge < -0.3 is 53.4 Å². The molecule has 428 valence electrons. The number of aliphatic hydroxyl groups excluding tert-OH is 2. The number of alkyl halides is 3. The number of allylic oxidation sites excluding steroid dienone is 4. The predicted octanol–water partition coefficient (Wildman–Crippen LogP) is 7.37. The second-order valence-corrected chi connectivity index (χ2v) is 21.7. The number of methoxy groups -OCH3 is 2. The Morgan fingerprint density at radius 3 is 2.28 bits per heavy atom. The molecule has 4 aliphatic rings. The first-order valence-electron chi connectivity index (χ1n) is 27.2. The van der Waals surface area contributed by atoms with Gasteiger partial charge in [-0.2, -0.15) is 13.2 Å². The van der Waals surface area contributed by atoms with Crippen LogP contribution in [0.4, 0.5) is 13.2 Å². The number of amides is 1. The second kappa shape index (κ2) is 30.7. The smallest absolute Gasteiger partial charge is 0.411 e. The molecule has 19 heteroatoms. The molecular weight excluding hydrogens is 984 g/mol. The average molecular weight is 1070 g/mol. The molecule has 0 aromatic heterocycles. The molecule has 3 fully saturated rings. The summed E-state index contributed by atoms with van der Waals surface area (Å²) in [7, 11) is 2.95. The highest BCUT2D eigenvalue weighted by molar-refractivity contribution is 6.39. The van der Waals surface area contributed by atoms with E-state index in [1.807, 2.05) is 39.0 Å². The maximum atomic E-state index is 14.5. The van der Waals surface area contributed by atoms with Crippen LogP contribution in [0.25, 0.3) is 0 Å². The van der Waals surface area contributed by atoms with Crippen LogP contribution in [0.2, 0.25) is 0 Å². The Morgan fingerprint density at radius 1 is 0.867 bits per heavy atom. The van der Waals surface area contributed by atoms with Crippen molar-refractivity contribution in [2.24, 2.45) is 35.5 Å². The summed E-state index contributed by atoms with van der Waals surface area (Å²) in [5, 5.41) is 33.0. The summed E-state index contributed by atoms with van der Waals surface area (Å²) in [5.74, 6) is -8.82. The number of cyclic esters (lactones) is 1. The third kappa shape index (κ3) is 19.2. The summed E-state index contributed by atoms with van der Waals surface area (Å²) in [6.07, 6.45) is 3.25. The van der Waals surface area contributed by atoms with Crippen molar-refractivity contribution in [3.8, 4) is 0 Å². The van der Waals surface area contributed by atoms with Crippen LogP contribution in [0, 0.1) is 35.5 Å². The Hall–Kier alpha value is -3.40. The SMILES string of the molecule is CO[C@@H]1C[C@H](C[C@@H](C)[C@@H]2CC(=O)[C@H](C)/C=C(\C)[C@@H](O)[C@@H](OC)C(=O)[C@H](C)C[C@H](C)/C=C/CC/C=C(\C)[C@@H](OCCOCC(F)(F)F)C[C@@H]3CC[C@@H](C)[C@@](O)(O3)C(=O)C(=O)N3CCCC[C@H]3C(=O)O2)CC[C@H]1OCCO. The largest absolute Gasteiger partial charge is 0.460 e. The van der Waals surface area contributed by atoms with Crippen LogP contribution in [0.15, 0.2) is 35.5 Å². The monoisotopic (exact) mass is 1070 g/mol. The highest BCUT2D eigenvalue weighted by atomic mass is 19.4. The number of esters is 1. The summed E-state index contributed by atoms with van der Waals surface area (Å²) in [5.41, 5.74) is 1.08. The van der Waals surface area contributed by atoms with Gasteiger partial charge in [-0.1, -0.05) is 58.9 Å². The highest BCUT2D eigenvalue weighted by Crippen LogP contribution is 2.38. The van der Waals surface area contributed by atoms with Crippen molar-refractivity contribution in [1.29, 1.82) is 0 Å². The fourth-order valence-corrected chi connectivity index (χ4v) is 11.1. The molecular formula is C56H88F3NO15. The van der Waals surface area contributed by atoms with Crippen molar-refractivity contribution in [2.45, 2.75) is 199 Å². The minimum absolute atomic E-state index is 0.00890. The van der Waals surface area contributed by atoms with Crippen molar-refractivity contribution in [1.82, 2.24) is 4.90 Å². The van der Waals surface area contributed by atoms with Crippen molar-refractivity contribution in [2.75, 3.05) is 53.8 Å². The van der Waals surface area contributed by atoms with Gasteiger partial charge in [0.2, 0.25) is 5.79 Å². The Bertz CT molecular complexity index is 1940. The van der Waals surface area contributed by atoms with Crippen LogP contribution in [0.5, 0.6) is 0 Å². The van der Waals surface area contributed by atoms with E-state index in [4.69, 9.17) is 33.2 Å². The van der Waals surface area contributed by atoms with E-state index >= 15 is 0 Å². The van der Waals surface area contributed by atoms with Gasteiger partial charge in [0.1, 0.15) is 36.7 Å². The number of aliphatic hydroxyl groups is 3. The molecule has 0 unspecified atom stereocenters. The number of carbonyl (C=O) groups excluding carboxylic acids is 5. The van der Waals surface area contributed by atoms with Crippen LogP contribution in [-0.4, -0.2) is 164 Å². The van der Waals surface area contributed by atoms with E-state index in [1.165, 1.54) is 7.11 Å². The fourth-order valence-electron chi connectivity index (χ4n) is 11.1. The van der Waals surface area contributed by atoms with E-state index in [-0.39, 0.29) is 100 Å². The van der Waals surface area contributed by atoms with Crippen LogP contribution in [0.3, 0.4) is 0 Å². The maximum absolute atomic E-state index is 14.5. The van der Waals surface area contributed by atoms with Crippen molar-refractivity contribution < 1.29 is 85.6 Å². The Kier molecular flexibility index (Phi) is 26.2. The number of halogens is 3. The number of hydrogen-bond donors (Lipinski definition) is 3. The first-order valence-corrected chi connectivity index (χ1v) is 27.2. The summed E-state index contributed by atoms with van der Waals surface area (Å²) in [4.78, 5) is 72.6. The average Bonchev–Trinajstić information content (AvgIpc) is 3.37. The van der Waals surface area contributed by atoms with E-state index in [9.17, 15) is 52.5 Å². The molecule has 0 spiro atoms. The van der Waals surface area contributed by atoms with Gasteiger partial charge in [-0.15, -0.1) is 0 Å². The first kappa shape index (κ1) is 64.1. The minimum Gasteiger partial charge on any atom is -0.460 e. The van der Waals surface area contributed by atoms with Gasteiger partial charge in [0.25, 0.3) is 11.7 Å². The van der Waals surface area contributed by atoms with Gasteiger partial charge >= 0.3 is 12.1 Å². The van der Waals surface area contributed by atoms with Gasteiger partial charge in [0.05, 0.1) is 50.8 Å². The quantitative estimate of drug-likeness (QED) is 0.0711. The molecule has 0 radical (unpaired) electrons. The van der Waals surface area contributed by atoms with Crippen LogP contribution < -0.4 is 0 Å². The molecule has 4 rings (SSSR count). The number of piperidine rings is 1. The van der Waals surface area contributed by atoms with Crippen molar-refractivity contribution in [3.05, 3.63) is 35.5 Å². The molecule has 3 heterocycles. The van der Waals surface area contributed by atoms with Gasteiger partial charge in [0, 0.05) is 51.4 Å².